The lowest BCUT2D eigenvalue weighted by molar-refractivity contribution is -0.114. The fraction of sp³-hybridized carbons (Fsp3) is 0.217. The summed E-state index contributed by atoms with van der Waals surface area (Å²) in [6.07, 6.45) is 6.34. The van der Waals surface area contributed by atoms with Gasteiger partial charge in [0, 0.05) is 44.5 Å². The number of nitrogens with one attached hydrogen (secondary N) is 1. The summed E-state index contributed by atoms with van der Waals surface area (Å²) in [5, 5.41) is 8.61. The summed E-state index contributed by atoms with van der Waals surface area (Å²) < 4.78 is 1.78. The van der Waals surface area contributed by atoms with E-state index in [4.69, 9.17) is 16.7 Å². The Hall–Kier alpha value is -3.63. The van der Waals surface area contributed by atoms with Crippen molar-refractivity contribution in [1.29, 1.82) is 0 Å². The molecule has 34 heavy (non-hydrogen) atoms. The Morgan fingerprint density at radius 2 is 2.03 bits per heavy atom. The van der Waals surface area contributed by atoms with Crippen LogP contribution < -0.4 is 5.32 Å². The van der Waals surface area contributed by atoms with Gasteiger partial charge in [0.15, 0.2) is 5.13 Å². The lowest BCUT2D eigenvalue weighted by Gasteiger charge is -2.16. The van der Waals surface area contributed by atoms with Crippen LogP contribution in [-0.4, -0.2) is 55.5 Å². The van der Waals surface area contributed by atoms with Crippen molar-refractivity contribution in [2.24, 2.45) is 0 Å². The van der Waals surface area contributed by atoms with Crippen LogP contribution in [0.1, 0.15) is 28.5 Å². The number of carbonyl (C=O) groups excluding carboxylic acids is 2. The topological polar surface area (TPSA) is 106 Å². The molecular formula is C23H20ClN7O2S. The van der Waals surface area contributed by atoms with Crippen LogP contribution in [0.4, 0.5) is 5.13 Å². The minimum atomic E-state index is -0.177. The number of benzene rings is 1. The number of amides is 2. The molecule has 0 unspecified atom stereocenters. The molecule has 3 aromatic heterocycles. The van der Waals surface area contributed by atoms with Crippen molar-refractivity contribution in [3.8, 4) is 27.6 Å². The highest BCUT2D eigenvalue weighted by Gasteiger charge is 2.31. The van der Waals surface area contributed by atoms with Gasteiger partial charge in [-0.15, -0.1) is 0 Å². The molecule has 0 saturated heterocycles. The molecule has 1 aliphatic rings. The average Bonchev–Trinajstić information content (AvgIpc) is 3.39. The summed E-state index contributed by atoms with van der Waals surface area (Å²) in [5.41, 5.74) is 5.24. The van der Waals surface area contributed by atoms with Crippen molar-refractivity contribution in [2.45, 2.75) is 19.8 Å². The summed E-state index contributed by atoms with van der Waals surface area (Å²) in [5.74, 6) is -0.315. The number of fused-ring (bicyclic) bond motifs is 3. The molecule has 0 aliphatic heterocycles. The molecule has 0 atom stereocenters. The standard InChI is InChI=1S/C23H20ClN7O2S/c1-12(32)27-23-28-16-6-5-14-19(17-11-25-8-9-26-17)29-31(20(14)21(16)34-23)18-7-4-13(10-15(18)24)22(33)30(2)3/h4,7-11H,5-6H2,1-3H3,(H,27,28,32). The molecular weight excluding hydrogens is 474 g/mol. The van der Waals surface area contributed by atoms with Gasteiger partial charge >= 0.3 is 0 Å². The Bertz CT molecular complexity index is 1430. The molecule has 4 aromatic rings. The van der Waals surface area contributed by atoms with Gasteiger partial charge in [0.05, 0.1) is 33.2 Å². The van der Waals surface area contributed by atoms with Crippen molar-refractivity contribution in [3.05, 3.63) is 58.6 Å². The van der Waals surface area contributed by atoms with Crippen molar-refractivity contribution in [3.63, 3.8) is 0 Å². The van der Waals surface area contributed by atoms with Crippen molar-refractivity contribution in [2.75, 3.05) is 19.4 Å². The van der Waals surface area contributed by atoms with E-state index in [1.807, 2.05) is 0 Å². The first-order valence-electron chi connectivity index (χ1n) is 10.5. The number of rotatable bonds is 4. The van der Waals surface area contributed by atoms with E-state index in [1.54, 1.807) is 55.6 Å². The SMILES string of the molecule is CC(=O)Nc1nc2c(s1)-c1c(c(-c3cnccn3)nn1-c1ccc(C(=O)N(C)C)cc1Cl)CC2. The number of anilines is 1. The van der Waals surface area contributed by atoms with Gasteiger partial charge in [-0.05, 0) is 31.0 Å². The van der Waals surface area contributed by atoms with Gasteiger partial charge < -0.3 is 10.2 Å². The third-order valence-electron chi connectivity index (χ3n) is 5.43. The Morgan fingerprint density at radius 3 is 2.71 bits per heavy atom. The average molecular weight is 494 g/mol. The maximum Gasteiger partial charge on any atom is 0.253 e. The molecule has 0 bridgehead atoms. The Balaban J connectivity index is 1.71. The zero-order chi connectivity index (χ0) is 24.0. The molecule has 3 heterocycles. The van der Waals surface area contributed by atoms with Gasteiger partial charge in [-0.3, -0.25) is 19.6 Å². The minimum absolute atomic E-state index is 0.138. The zero-order valence-corrected chi connectivity index (χ0v) is 20.2. The maximum absolute atomic E-state index is 12.4. The summed E-state index contributed by atoms with van der Waals surface area (Å²) in [6.45, 7) is 1.46. The van der Waals surface area contributed by atoms with Crippen LogP contribution in [0.25, 0.3) is 27.6 Å². The van der Waals surface area contributed by atoms with Crippen LogP contribution in [0.5, 0.6) is 0 Å². The quantitative estimate of drug-likeness (QED) is 0.462. The third kappa shape index (κ3) is 3.84. The molecule has 0 fully saturated rings. The highest BCUT2D eigenvalue weighted by molar-refractivity contribution is 7.19. The smallest absolute Gasteiger partial charge is 0.253 e. The van der Waals surface area contributed by atoms with Gasteiger partial charge in [0.25, 0.3) is 5.91 Å². The second kappa shape index (κ2) is 8.62. The number of thiazole rings is 1. The van der Waals surface area contributed by atoms with Crippen LogP contribution in [0.15, 0.2) is 36.8 Å². The normalized spacial score (nSPS) is 12.1. The summed E-state index contributed by atoms with van der Waals surface area (Å²) in [7, 11) is 3.39. The van der Waals surface area contributed by atoms with E-state index in [-0.39, 0.29) is 11.8 Å². The van der Waals surface area contributed by atoms with Crippen LogP contribution in [0.3, 0.4) is 0 Å². The first-order chi connectivity index (χ1) is 16.3. The Labute approximate surface area is 204 Å². The van der Waals surface area contributed by atoms with E-state index in [0.717, 1.165) is 21.8 Å². The number of aromatic nitrogens is 5. The molecule has 5 rings (SSSR count). The fourth-order valence-corrected chi connectivity index (χ4v) is 5.32. The minimum Gasteiger partial charge on any atom is -0.345 e. The molecule has 9 nitrogen and oxygen atoms in total. The van der Waals surface area contributed by atoms with E-state index in [1.165, 1.54) is 23.2 Å². The molecule has 0 spiro atoms. The van der Waals surface area contributed by atoms with Crippen LogP contribution in [0, 0.1) is 0 Å². The zero-order valence-electron chi connectivity index (χ0n) is 18.7. The number of nitrogens with zero attached hydrogens (tertiary/aromatic N) is 6. The van der Waals surface area contributed by atoms with Gasteiger partial charge in [-0.1, -0.05) is 22.9 Å². The Morgan fingerprint density at radius 1 is 1.21 bits per heavy atom. The summed E-state index contributed by atoms with van der Waals surface area (Å²) in [6, 6.07) is 5.17. The first-order valence-corrected chi connectivity index (χ1v) is 11.7. The molecule has 172 valence electrons. The fourth-order valence-electron chi connectivity index (χ4n) is 3.95. The third-order valence-corrected chi connectivity index (χ3v) is 6.75. The highest BCUT2D eigenvalue weighted by atomic mass is 35.5. The van der Waals surface area contributed by atoms with Crippen LogP contribution in [-0.2, 0) is 17.6 Å². The summed E-state index contributed by atoms with van der Waals surface area (Å²) >= 11 is 8.08. The molecule has 0 saturated carbocycles. The molecule has 1 aliphatic carbocycles. The molecule has 0 radical (unpaired) electrons. The number of carbonyl (C=O) groups is 2. The van der Waals surface area contributed by atoms with E-state index in [0.29, 0.717) is 45.6 Å². The van der Waals surface area contributed by atoms with Gasteiger partial charge in [-0.2, -0.15) is 5.10 Å². The number of aryl methyl sites for hydroxylation is 1. The first kappa shape index (κ1) is 22.2. The van der Waals surface area contributed by atoms with E-state index in [2.05, 4.69) is 20.3 Å². The van der Waals surface area contributed by atoms with Crippen molar-refractivity contribution in [1.82, 2.24) is 29.6 Å². The number of halogens is 1. The van der Waals surface area contributed by atoms with E-state index < -0.39 is 0 Å². The summed E-state index contributed by atoms with van der Waals surface area (Å²) in [4.78, 5) is 39.7. The number of hydrogen-bond acceptors (Lipinski definition) is 7. The highest BCUT2D eigenvalue weighted by Crippen LogP contribution is 2.44. The van der Waals surface area contributed by atoms with Gasteiger partial charge in [0.1, 0.15) is 11.4 Å². The van der Waals surface area contributed by atoms with Gasteiger partial charge in [0.2, 0.25) is 5.91 Å². The lowest BCUT2D eigenvalue weighted by Crippen LogP contribution is -2.21. The molecule has 2 amide bonds. The predicted octanol–water partition coefficient (Wildman–Crippen LogP) is 3.87. The maximum atomic E-state index is 12.4. The molecule has 1 aromatic carbocycles. The van der Waals surface area contributed by atoms with Crippen molar-refractivity contribution < 1.29 is 9.59 Å². The van der Waals surface area contributed by atoms with Crippen LogP contribution in [0.2, 0.25) is 5.02 Å². The van der Waals surface area contributed by atoms with Crippen LogP contribution >= 0.6 is 22.9 Å². The molecule has 1 N–H and O–H groups in total. The molecule has 11 heteroatoms. The largest absolute Gasteiger partial charge is 0.345 e. The predicted molar refractivity (Wildman–Crippen MR) is 130 cm³/mol. The van der Waals surface area contributed by atoms with Crippen molar-refractivity contribution >= 4 is 39.9 Å². The van der Waals surface area contributed by atoms with Gasteiger partial charge in [-0.25, -0.2) is 9.67 Å². The lowest BCUT2D eigenvalue weighted by atomic mass is 9.96. The second-order valence-corrected chi connectivity index (χ2v) is 9.43. The monoisotopic (exact) mass is 493 g/mol. The number of hydrogen-bond donors (Lipinski definition) is 1. The van der Waals surface area contributed by atoms with E-state index in [9.17, 15) is 9.59 Å². The Kier molecular flexibility index (Phi) is 5.62. The van der Waals surface area contributed by atoms with E-state index >= 15 is 0 Å². The second-order valence-electron chi connectivity index (χ2n) is 8.02.